The van der Waals surface area contributed by atoms with Gasteiger partial charge in [-0.3, -0.25) is 4.90 Å². The van der Waals surface area contributed by atoms with Crippen LogP contribution in [-0.2, 0) is 6.54 Å². The first-order valence-corrected chi connectivity index (χ1v) is 6.57. The van der Waals surface area contributed by atoms with Gasteiger partial charge in [-0.2, -0.15) is 5.10 Å². The van der Waals surface area contributed by atoms with Crippen molar-refractivity contribution in [2.24, 2.45) is 0 Å². The first kappa shape index (κ1) is 13.2. The minimum atomic E-state index is 0.539. The number of hydrogen-bond acceptors (Lipinski definition) is 5. The molecular weight excluding hydrogens is 228 g/mol. The Kier molecular flexibility index (Phi) is 4.49. The van der Waals surface area contributed by atoms with Crippen LogP contribution in [-0.4, -0.2) is 47.4 Å². The molecule has 0 radical (unpaired) electrons. The van der Waals surface area contributed by atoms with Crippen LogP contribution >= 0.6 is 0 Å². The zero-order chi connectivity index (χ0) is 13.0. The number of hydrogen-bond donors (Lipinski definition) is 1. The van der Waals surface area contributed by atoms with Gasteiger partial charge in [-0.1, -0.05) is 6.92 Å². The molecule has 1 saturated heterocycles. The van der Waals surface area contributed by atoms with Gasteiger partial charge in [-0.25, -0.2) is 0 Å². The Morgan fingerprint density at radius 1 is 1.44 bits per heavy atom. The van der Waals surface area contributed by atoms with Gasteiger partial charge in [0.1, 0.15) is 0 Å². The first-order valence-electron chi connectivity index (χ1n) is 6.57. The van der Waals surface area contributed by atoms with Crippen molar-refractivity contribution in [2.75, 3.05) is 20.2 Å². The number of nitrogens with zero attached hydrogens (tertiary/aromatic N) is 3. The van der Waals surface area contributed by atoms with Gasteiger partial charge < -0.3 is 10.1 Å². The van der Waals surface area contributed by atoms with Crippen LogP contribution in [0.4, 0.5) is 0 Å². The lowest BCUT2D eigenvalue weighted by atomic mass is 10.1. The van der Waals surface area contributed by atoms with E-state index in [4.69, 9.17) is 4.74 Å². The number of methoxy groups -OCH3 is 1. The minimum Gasteiger partial charge on any atom is -0.480 e. The Labute approximate surface area is 109 Å². The van der Waals surface area contributed by atoms with E-state index in [-0.39, 0.29) is 0 Å². The Morgan fingerprint density at radius 3 is 2.89 bits per heavy atom. The first-order chi connectivity index (χ1) is 8.72. The molecule has 18 heavy (non-hydrogen) atoms. The maximum Gasteiger partial charge on any atom is 0.233 e. The fourth-order valence-electron chi connectivity index (χ4n) is 2.24. The summed E-state index contributed by atoms with van der Waals surface area (Å²) in [6.45, 7) is 7.44. The van der Waals surface area contributed by atoms with Crippen LogP contribution < -0.4 is 10.1 Å². The molecule has 2 rings (SSSR count). The SMILES string of the molecule is CCC1CN(Cc2ccc(OC)nn2)C(C)CN1. The summed E-state index contributed by atoms with van der Waals surface area (Å²) in [6.07, 6.45) is 1.16. The molecule has 2 atom stereocenters. The van der Waals surface area contributed by atoms with Crippen molar-refractivity contribution >= 4 is 0 Å². The van der Waals surface area contributed by atoms with Crippen LogP contribution in [0.3, 0.4) is 0 Å². The summed E-state index contributed by atoms with van der Waals surface area (Å²) in [7, 11) is 1.61. The number of ether oxygens (including phenoxy) is 1. The van der Waals surface area contributed by atoms with Gasteiger partial charge in [-0.15, -0.1) is 5.10 Å². The summed E-state index contributed by atoms with van der Waals surface area (Å²) in [5.41, 5.74) is 0.999. The summed E-state index contributed by atoms with van der Waals surface area (Å²) in [5.74, 6) is 0.568. The Morgan fingerprint density at radius 2 is 2.28 bits per heavy atom. The molecule has 0 spiro atoms. The largest absolute Gasteiger partial charge is 0.480 e. The van der Waals surface area contributed by atoms with Crippen LogP contribution in [0.1, 0.15) is 26.0 Å². The lowest BCUT2D eigenvalue weighted by Crippen LogP contribution is -2.54. The van der Waals surface area contributed by atoms with Gasteiger partial charge in [0.05, 0.1) is 12.8 Å². The predicted octanol–water partition coefficient (Wildman–Crippen LogP) is 1.06. The average Bonchev–Trinajstić information content (AvgIpc) is 2.42. The lowest BCUT2D eigenvalue weighted by Gasteiger charge is -2.38. The number of nitrogens with one attached hydrogen (secondary N) is 1. The molecule has 5 heteroatoms. The molecule has 0 aromatic carbocycles. The molecule has 2 heterocycles. The fourth-order valence-corrected chi connectivity index (χ4v) is 2.24. The second-order valence-electron chi connectivity index (χ2n) is 4.86. The standard InChI is InChI=1S/C13H22N4O/c1-4-11-8-17(10(2)7-14-11)9-12-5-6-13(18-3)16-15-12/h5-6,10-11,14H,4,7-9H2,1-3H3. The number of rotatable bonds is 4. The quantitative estimate of drug-likeness (QED) is 0.866. The van der Waals surface area contributed by atoms with Crippen molar-refractivity contribution in [3.63, 3.8) is 0 Å². The summed E-state index contributed by atoms with van der Waals surface area (Å²) in [5, 5.41) is 11.8. The molecule has 1 fully saturated rings. The molecule has 1 N–H and O–H groups in total. The van der Waals surface area contributed by atoms with Crippen LogP contribution in [0.5, 0.6) is 5.88 Å². The van der Waals surface area contributed by atoms with Gasteiger partial charge in [-0.05, 0) is 19.4 Å². The maximum absolute atomic E-state index is 5.02. The van der Waals surface area contributed by atoms with Crippen molar-refractivity contribution < 1.29 is 4.74 Å². The summed E-state index contributed by atoms with van der Waals surface area (Å²) >= 11 is 0. The van der Waals surface area contributed by atoms with Crippen LogP contribution in [0, 0.1) is 0 Å². The highest BCUT2D eigenvalue weighted by molar-refractivity contribution is 5.11. The van der Waals surface area contributed by atoms with Crippen molar-refractivity contribution in [2.45, 2.75) is 38.9 Å². The van der Waals surface area contributed by atoms with Crippen molar-refractivity contribution in [1.82, 2.24) is 20.4 Å². The van der Waals surface area contributed by atoms with E-state index in [2.05, 4.69) is 34.3 Å². The zero-order valence-corrected chi connectivity index (χ0v) is 11.4. The zero-order valence-electron chi connectivity index (χ0n) is 11.4. The van der Waals surface area contributed by atoms with E-state index in [1.54, 1.807) is 7.11 Å². The Balaban J connectivity index is 1.97. The summed E-state index contributed by atoms with van der Waals surface area (Å²) in [4.78, 5) is 2.46. The molecule has 0 aliphatic carbocycles. The molecule has 1 aromatic heterocycles. The second-order valence-corrected chi connectivity index (χ2v) is 4.86. The van der Waals surface area contributed by atoms with E-state index < -0.39 is 0 Å². The Hall–Kier alpha value is -1.20. The summed E-state index contributed by atoms with van der Waals surface area (Å²) < 4.78 is 5.02. The highest BCUT2D eigenvalue weighted by Gasteiger charge is 2.24. The topological polar surface area (TPSA) is 50.3 Å². The molecule has 0 bridgehead atoms. The smallest absolute Gasteiger partial charge is 0.233 e. The molecule has 1 aliphatic heterocycles. The monoisotopic (exact) mass is 250 g/mol. The average molecular weight is 250 g/mol. The predicted molar refractivity (Wildman–Crippen MR) is 70.5 cm³/mol. The molecule has 100 valence electrons. The van der Waals surface area contributed by atoms with E-state index in [9.17, 15) is 0 Å². The molecule has 5 nitrogen and oxygen atoms in total. The van der Waals surface area contributed by atoms with Gasteiger partial charge in [0, 0.05) is 37.8 Å². The van der Waals surface area contributed by atoms with Gasteiger partial charge >= 0.3 is 0 Å². The van der Waals surface area contributed by atoms with Crippen LogP contribution in [0.25, 0.3) is 0 Å². The highest BCUT2D eigenvalue weighted by atomic mass is 16.5. The van der Waals surface area contributed by atoms with E-state index in [1.807, 2.05) is 12.1 Å². The molecule has 0 amide bonds. The highest BCUT2D eigenvalue weighted by Crippen LogP contribution is 2.13. The van der Waals surface area contributed by atoms with Gasteiger partial charge in [0.25, 0.3) is 0 Å². The maximum atomic E-state index is 5.02. The summed E-state index contributed by atoms with van der Waals surface area (Å²) in [6, 6.07) is 4.98. The van der Waals surface area contributed by atoms with Gasteiger partial charge in [0.2, 0.25) is 5.88 Å². The molecule has 1 aliphatic rings. The molecule has 0 saturated carbocycles. The van der Waals surface area contributed by atoms with Crippen molar-refractivity contribution in [1.29, 1.82) is 0 Å². The van der Waals surface area contributed by atoms with E-state index in [0.29, 0.717) is 18.0 Å². The minimum absolute atomic E-state index is 0.539. The van der Waals surface area contributed by atoms with Gasteiger partial charge in [0.15, 0.2) is 0 Å². The molecule has 2 unspecified atom stereocenters. The van der Waals surface area contributed by atoms with Crippen LogP contribution in [0.15, 0.2) is 12.1 Å². The third-order valence-corrected chi connectivity index (χ3v) is 3.54. The van der Waals surface area contributed by atoms with E-state index in [1.165, 1.54) is 0 Å². The third kappa shape index (κ3) is 3.17. The fraction of sp³-hybridized carbons (Fsp3) is 0.692. The lowest BCUT2D eigenvalue weighted by molar-refractivity contribution is 0.129. The van der Waals surface area contributed by atoms with Crippen molar-refractivity contribution in [3.8, 4) is 5.88 Å². The molecular formula is C13H22N4O. The number of aromatic nitrogens is 2. The van der Waals surface area contributed by atoms with Crippen molar-refractivity contribution in [3.05, 3.63) is 17.8 Å². The van der Waals surface area contributed by atoms with E-state index in [0.717, 1.165) is 31.7 Å². The second kappa shape index (κ2) is 6.11. The number of piperazine rings is 1. The Bertz CT molecular complexity index is 368. The third-order valence-electron chi connectivity index (χ3n) is 3.54. The molecule has 1 aromatic rings. The normalized spacial score (nSPS) is 25.1. The van der Waals surface area contributed by atoms with Crippen LogP contribution in [0.2, 0.25) is 0 Å². The van der Waals surface area contributed by atoms with E-state index >= 15 is 0 Å².